The zero-order valence-electron chi connectivity index (χ0n) is 18.2. The Hall–Kier alpha value is -2.78. The highest BCUT2D eigenvalue weighted by molar-refractivity contribution is 5.87. The lowest BCUT2D eigenvalue weighted by Crippen LogP contribution is -2.53. The van der Waals surface area contributed by atoms with E-state index in [1.54, 1.807) is 5.56 Å². The van der Waals surface area contributed by atoms with Crippen molar-refractivity contribution in [2.75, 3.05) is 6.54 Å². The highest BCUT2D eigenvalue weighted by Gasteiger charge is 2.66. The second-order valence-corrected chi connectivity index (χ2v) is 9.92. The number of ether oxygens (including phenoxy) is 1. The van der Waals surface area contributed by atoms with Crippen LogP contribution in [-0.4, -0.2) is 22.1 Å². The number of rotatable bonds is 3. The van der Waals surface area contributed by atoms with Gasteiger partial charge in [-0.2, -0.15) is 0 Å². The summed E-state index contributed by atoms with van der Waals surface area (Å²) in [5.74, 6) is 0. The highest BCUT2D eigenvalue weighted by Crippen LogP contribution is 2.67. The normalized spacial score (nSPS) is 32.7. The number of fused-ring (bicyclic) bond motifs is 5. The smallest absolute Gasteiger partial charge is 0.143 e. The first-order chi connectivity index (χ1) is 15.1. The summed E-state index contributed by atoms with van der Waals surface area (Å²) in [5, 5.41) is 1.43. The van der Waals surface area contributed by atoms with E-state index in [0.29, 0.717) is 6.04 Å². The molecular weight excluding hydrogens is 380 g/mol. The molecule has 31 heavy (non-hydrogen) atoms. The average Bonchev–Trinajstić information content (AvgIpc) is 3.29. The first-order valence-electron chi connectivity index (χ1n) is 11.7. The molecule has 4 aliphatic heterocycles. The number of hydrogen-bond acceptors (Lipinski definition) is 2. The largest absolute Gasteiger partial charge is 0.368 e. The third-order valence-electron chi connectivity index (χ3n) is 8.34. The van der Waals surface area contributed by atoms with Gasteiger partial charge in [0.25, 0.3) is 0 Å². The lowest BCUT2D eigenvalue weighted by atomic mass is 9.62. The van der Waals surface area contributed by atoms with Crippen molar-refractivity contribution in [2.45, 2.75) is 51.0 Å². The Labute approximate surface area is 183 Å². The van der Waals surface area contributed by atoms with Crippen LogP contribution < -0.4 is 0 Å². The van der Waals surface area contributed by atoms with Gasteiger partial charge in [0.15, 0.2) is 0 Å². The number of para-hydroxylation sites is 1. The number of nitrogens with zero attached hydrogens (tertiary/aromatic N) is 2. The SMILES string of the molecule is CC[C@@]12CC3(C)O[C@@H]1C(/C=C/c1ccccc1)=CN1CCc4c(n3c3ccccc43)[C@@H]12. The van der Waals surface area contributed by atoms with E-state index in [0.717, 1.165) is 25.8 Å². The number of hydrogen-bond donors (Lipinski definition) is 0. The minimum Gasteiger partial charge on any atom is -0.368 e. The van der Waals surface area contributed by atoms with Crippen molar-refractivity contribution in [3.63, 3.8) is 0 Å². The fourth-order valence-corrected chi connectivity index (χ4v) is 7.19. The monoisotopic (exact) mass is 408 g/mol. The summed E-state index contributed by atoms with van der Waals surface area (Å²) in [5.41, 5.74) is 6.81. The van der Waals surface area contributed by atoms with E-state index in [1.165, 1.54) is 27.7 Å². The highest BCUT2D eigenvalue weighted by atomic mass is 16.5. The third kappa shape index (κ3) is 2.13. The molecule has 0 spiro atoms. The van der Waals surface area contributed by atoms with Crippen molar-refractivity contribution in [1.82, 2.24) is 9.47 Å². The molecule has 4 aliphatic rings. The van der Waals surface area contributed by atoms with E-state index in [9.17, 15) is 0 Å². The van der Waals surface area contributed by atoms with E-state index in [-0.39, 0.29) is 17.2 Å². The second kappa shape index (κ2) is 5.92. The minimum absolute atomic E-state index is 0.124. The average molecular weight is 409 g/mol. The molecule has 3 nitrogen and oxygen atoms in total. The van der Waals surface area contributed by atoms with Crippen LogP contribution in [0.25, 0.3) is 17.0 Å². The molecule has 1 unspecified atom stereocenters. The lowest BCUT2D eigenvalue weighted by Gasteiger charge is -2.53. The van der Waals surface area contributed by atoms with Gasteiger partial charge in [-0.1, -0.05) is 67.6 Å². The van der Waals surface area contributed by atoms with E-state index >= 15 is 0 Å². The second-order valence-electron chi connectivity index (χ2n) is 9.92. The van der Waals surface area contributed by atoms with Crippen molar-refractivity contribution in [1.29, 1.82) is 0 Å². The quantitative estimate of drug-likeness (QED) is 0.527. The van der Waals surface area contributed by atoms with Crippen molar-refractivity contribution < 1.29 is 4.74 Å². The van der Waals surface area contributed by atoms with Gasteiger partial charge < -0.3 is 14.2 Å². The van der Waals surface area contributed by atoms with Crippen molar-refractivity contribution in [3.05, 3.63) is 89.3 Å². The first kappa shape index (κ1) is 17.9. The minimum atomic E-state index is -0.294. The molecule has 1 saturated heterocycles. The maximum atomic E-state index is 7.08. The maximum absolute atomic E-state index is 7.08. The summed E-state index contributed by atoms with van der Waals surface area (Å²) in [6.07, 6.45) is 10.4. The van der Waals surface area contributed by atoms with Crippen molar-refractivity contribution in [3.8, 4) is 0 Å². The van der Waals surface area contributed by atoms with Crippen LogP contribution in [0.15, 0.2) is 72.4 Å². The molecule has 3 heteroatoms. The van der Waals surface area contributed by atoms with E-state index in [4.69, 9.17) is 4.74 Å². The van der Waals surface area contributed by atoms with Gasteiger partial charge in [-0.05, 0) is 42.5 Å². The Balaban J connectivity index is 1.45. The Morgan fingerprint density at radius 1 is 1.06 bits per heavy atom. The summed E-state index contributed by atoms with van der Waals surface area (Å²) < 4.78 is 9.65. The van der Waals surface area contributed by atoms with Crippen LogP contribution in [-0.2, 0) is 16.9 Å². The molecule has 156 valence electrons. The molecule has 0 radical (unpaired) electrons. The van der Waals surface area contributed by atoms with Crippen LogP contribution in [0.1, 0.15) is 49.6 Å². The van der Waals surface area contributed by atoms with Gasteiger partial charge in [0.2, 0.25) is 0 Å². The van der Waals surface area contributed by atoms with Crippen LogP contribution in [0.5, 0.6) is 0 Å². The predicted octanol–water partition coefficient (Wildman–Crippen LogP) is 6.02. The van der Waals surface area contributed by atoms with E-state index < -0.39 is 0 Å². The zero-order valence-corrected chi connectivity index (χ0v) is 18.2. The summed E-state index contributed by atoms with van der Waals surface area (Å²) >= 11 is 0. The molecule has 2 bridgehead atoms. The van der Waals surface area contributed by atoms with Gasteiger partial charge in [-0.25, -0.2) is 0 Å². The molecule has 1 fully saturated rings. The van der Waals surface area contributed by atoms with E-state index in [1.807, 2.05) is 0 Å². The topological polar surface area (TPSA) is 17.4 Å². The molecule has 0 amide bonds. The molecule has 0 N–H and O–H groups in total. The fourth-order valence-electron chi connectivity index (χ4n) is 7.19. The molecule has 0 saturated carbocycles. The van der Waals surface area contributed by atoms with Gasteiger partial charge in [0.1, 0.15) is 5.72 Å². The molecule has 7 rings (SSSR count). The summed E-state index contributed by atoms with van der Waals surface area (Å²) in [6.45, 7) is 5.78. The molecule has 5 heterocycles. The molecule has 3 aromatic rings. The number of benzene rings is 2. The first-order valence-corrected chi connectivity index (χ1v) is 11.7. The Morgan fingerprint density at radius 2 is 1.87 bits per heavy atom. The molecule has 1 aromatic heterocycles. The van der Waals surface area contributed by atoms with Crippen LogP contribution in [0, 0.1) is 5.41 Å². The zero-order chi connectivity index (χ0) is 20.8. The van der Waals surface area contributed by atoms with Crippen LogP contribution in [0.4, 0.5) is 0 Å². The predicted molar refractivity (Wildman–Crippen MR) is 125 cm³/mol. The van der Waals surface area contributed by atoms with Crippen LogP contribution in [0.2, 0.25) is 0 Å². The van der Waals surface area contributed by atoms with Crippen LogP contribution in [0.3, 0.4) is 0 Å². The van der Waals surface area contributed by atoms with Crippen LogP contribution >= 0.6 is 0 Å². The standard InChI is InChI=1S/C28H28N2O/c1-3-28-18-27(2)30-23-12-8-7-11-21(23)22-15-16-29(25(28)24(22)30)17-20(26(28)31-27)14-13-19-9-5-4-6-10-19/h4-14,17,25-26H,3,15-16,18H2,1-2H3/b14-13+/t25-,26-,27?,28+/m1/s1. The molecule has 0 aliphatic carbocycles. The third-order valence-corrected chi connectivity index (χ3v) is 8.34. The maximum Gasteiger partial charge on any atom is 0.143 e. The van der Waals surface area contributed by atoms with Gasteiger partial charge >= 0.3 is 0 Å². The molecule has 2 aromatic carbocycles. The van der Waals surface area contributed by atoms with Gasteiger partial charge in [-0.3, -0.25) is 0 Å². The summed E-state index contributed by atoms with van der Waals surface area (Å²) in [4.78, 5) is 2.64. The van der Waals surface area contributed by atoms with Gasteiger partial charge in [0.05, 0.1) is 17.7 Å². The lowest BCUT2D eigenvalue weighted by molar-refractivity contribution is -0.0710. The van der Waals surface area contributed by atoms with Crippen molar-refractivity contribution in [2.24, 2.45) is 5.41 Å². The molecule has 4 atom stereocenters. The fraction of sp³-hybridized carbons (Fsp3) is 0.357. The number of aromatic nitrogens is 1. The Kier molecular flexibility index (Phi) is 3.41. The summed E-state index contributed by atoms with van der Waals surface area (Å²) in [7, 11) is 0. The van der Waals surface area contributed by atoms with Crippen molar-refractivity contribution >= 4 is 17.0 Å². The summed E-state index contributed by atoms with van der Waals surface area (Å²) in [6, 6.07) is 20.0. The Morgan fingerprint density at radius 3 is 2.71 bits per heavy atom. The molecular formula is C28H28N2O. The Bertz CT molecular complexity index is 1270. The van der Waals surface area contributed by atoms with E-state index in [2.05, 4.69) is 96.3 Å². The van der Waals surface area contributed by atoms with Gasteiger partial charge in [0, 0.05) is 35.7 Å². The van der Waals surface area contributed by atoms with Gasteiger partial charge in [-0.15, -0.1) is 0 Å².